The molecule has 1 atom stereocenters. The van der Waals surface area contributed by atoms with Crippen molar-refractivity contribution < 1.29 is 8.78 Å². The molecule has 2 fully saturated rings. The van der Waals surface area contributed by atoms with Crippen LogP contribution in [0.1, 0.15) is 57.6 Å². The number of hydrogen-bond donors (Lipinski definition) is 1. The minimum Gasteiger partial charge on any atom is -0.370 e. The Morgan fingerprint density at radius 1 is 1.09 bits per heavy atom. The lowest BCUT2D eigenvalue weighted by molar-refractivity contribution is -0.00796. The van der Waals surface area contributed by atoms with Crippen molar-refractivity contribution in [2.24, 2.45) is 10.4 Å². The first-order valence-electron chi connectivity index (χ1n) is 12.4. The number of amidine groups is 1. The summed E-state index contributed by atoms with van der Waals surface area (Å²) in [7, 11) is 0. The first kappa shape index (κ1) is 22.9. The van der Waals surface area contributed by atoms with Gasteiger partial charge in [0.15, 0.2) is 0 Å². The van der Waals surface area contributed by atoms with E-state index in [0.29, 0.717) is 23.4 Å². The van der Waals surface area contributed by atoms with E-state index in [1.54, 1.807) is 6.08 Å². The summed E-state index contributed by atoms with van der Waals surface area (Å²) in [6.07, 6.45) is 10.7. The van der Waals surface area contributed by atoms with E-state index in [-0.39, 0.29) is 18.9 Å². The molecule has 1 saturated heterocycles. The Kier molecular flexibility index (Phi) is 5.58. The van der Waals surface area contributed by atoms with Crippen LogP contribution in [-0.2, 0) is 0 Å². The maximum absolute atomic E-state index is 13.6. The van der Waals surface area contributed by atoms with Gasteiger partial charge >= 0.3 is 0 Å². The number of anilines is 1. The summed E-state index contributed by atoms with van der Waals surface area (Å²) in [6.45, 7) is 4.10. The van der Waals surface area contributed by atoms with Crippen molar-refractivity contribution in [2.75, 3.05) is 18.0 Å². The van der Waals surface area contributed by atoms with E-state index >= 15 is 0 Å². The predicted molar refractivity (Wildman–Crippen MR) is 137 cm³/mol. The Morgan fingerprint density at radius 3 is 2.60 bits per heavy atom. The fourth-order valence-electron chi connectivity index (χ4n) is 5.35. The van der Waals surface area contributed by atoms with Crippen LogP contribution in [0.4, 0.5) is 14.5 Å². The molecule has 1 N–H and O–H groups in total. The molecule has 2 aliphatic heterocycles. The van der Waals surface area contributed by atoms with Gasteiger partial charge in [0.1, 0.15) is 11.5 Å². The van der Waals surface area contributed by atoms with Crippen molar-refractivity contribution >= 4 is 33.1 Å². The number of piperidine rings is 1. The highest BCUT2D eigenvalue weighted by Crippen LogP contribution is 2.54. The summed E-state index contributed by atoms with van der Waals surface area (Å²) in [6, 6.07) is 6.19. The second kappa shape index (κ2) is 8.54. The lowest BCUT2D eigenvalue weighted by Gasteiger charge is -2.35. The molecule has 1 unspecified atom stereocenters. The van der Waals surface area contributed by atoms with Crippen LogP contribution in [0.25, 0.3) is 11.4 Å². The van der Waals surface area contributed by atoms with Crippen LogP contribution in [0, 0.1) is 5.41 Å². The van der Waals surface area contributed by atoms with Gasteiger partial charge < -0.3 is 10.2 Å². The number of aliphatic imine (C=N–C) groups is 1. The fraction of sp³-hybridized carbons (Fsp3) is 0.500. The molecule has 35 heavy (non-hydrogen) atoms. The van der Waals surface area contributed by atoms with E-state index in [2.05, 4.69) is 53.6 Å². The average Bonchev–Trinajstić information content (AvgIpc) is 3.39. The predicted octanol–water partition coefficient (Wildman–Crippen LogP) is 5.89. The van der Waals surface area contributed by atoms with Crippen LogP contribution in [0.2, 0.25) is 0 Å². The number of rotatable bonds is 4. The Balaban J connectivity index is 1.24. The molecule has 0 bridgehead atoms. The monoisotopic (exact) mass is 542 g/mol. The molecule has 184 valence electrons. The van der Waals surface area contributed by atoms with Crippen LogP contribution >= 0.6 is 15.9 Å². The molecular formula is C26H29BrF2N6. The third-order valence-electron chi connectivity index (χ3n) is 7.78. The minimum absolute atomic E-state index is 0.0823. The van der Waals surface area contributed by atoms with Gasteiger partial charge in [-0.2, -0.15) is 0 Å². The summed E-state index contributed by atoms with van der Waals surface area (Å²) in [5, 5.41) is 12.2. The maximum Gasteiger partial charge on any atom is 0.251 e. The molecule has 0 radical (unpaired) electrons. The molecule has 4 aliphatic rings. The zero-order valence-corrected chi connectivity index (χ0v) is 21.4. The fourth-order valence-corrected chi connectivity index (χ4v) is 5.70. The third kappa shape index (κ3) is 4.67. The lowest BCUT2D eigenvalue weighted by atomic mass is 9.93. The molecule has 6 nitrogen and oxygen atoms in total. The van der Waals surface area contributed by atoms with Crippen LogP contribution in [0.15, 0.2) is 51.6 Å². The van der Waals surface area contributed by atoms with Crippen molar-refractivity contribution in [3.63, 3.8) is 0 Å². The first-order valence-corrected chi connectivity index (χ1v) is 13.2. The van der Waals surface area contributed by atoms with Gasteiger partial charge in [-0.05, 0) is 74.3 Å². The number of alkyl halides is 2. The molecular weight excluding hydrogens is 514 g/mol. The Hall–Kier alpha value is -2.55. The van der Waals surface area contributed by atoms with E-state index in [4.69, 9.17) is 0 Å². The Morgan fingerprint density at radius 2 is 1.89 bits per heavy atom. The molecule has 1 spiro atoms. The van der Waals surface area contributed by atoms with E-state index in [1.807, 2.05) is 29.9 Å². The van der Waals surface area contributed by atoms with Gasteiger partial charge in [0, 0.05) is 30.4 Å². The van der Waals surface area contributed by atoms with E-state index < -0.39 is 5.92 Å². The van der Waals surface area contributed by atoms with Gasteiger partial charge in [-0.25, -0.2) is 13.5 Å². The van der Waals surface area contributed by atoms with Crippen LogP contribution in [0.3, 0.4) is 0 Å². The highest BCUT2D eigenvalue weighted by atomic mass is 79.9. The minimum atomic E-state index is -2.62. The SMILES string of the molecule is CC1C=C(c2cn(-c3ccc(Br)cc3N3CCC4(CC3)CC4)nn2)NC(C2=CCC(F)(F)CC2)=N1. The second-order valence-corrected chi connectivity index (χ2v) is 11.3. The molecule has 1 aromatic carbocycles. The number of allylic oxidation sites excluding steroid dienone is 1. The van der Waals surface area contributed by atoms with Crippen molar-refractivity contribution in [3.8, 4) is 5.69 Å². The van der Waals surface area contributed by atoms with E-state index in [9.17, 15) is 8.78 Å². The Labute approximate surface area is 212 Å². The number of benzene rings is 1. The highest BCUT2D eigenvalue weighted by Gasteiger charge is 2.44. The van der Waals surface area contributed by atoms with E-state index in [0.717, 1.165) is 40.2 Å². The zero-order chi connectivity index (χ0) is 24.2. The normalized spacial score (nSPS) is 25.0. The van der Waals surface area contributed by atoms with Crippen molar-refractivity contribution in [3.05, 3.63) is 52.3 Å². The summed E-state index contributed by atoms with van der Waals surface area (Å²) in [4.78, 5) is 7.10. The van der Waals surface area contributed by atoms with Gasteiger partial charge in [0.05, 0.1) is 29.3 Å². The topological polar surface area (TPSA) is 58.3 Å². The molecule has 9 heteroatoms. The number of nitrogens with one attached hydrogen (secondary N) is 1. The number of halogens is 3. The van der Waals surface area contributed by atoms with Crippen molar-refractivity contribution in [2.45, 2.75) is 63.8 Å². The number of hydrogen-bond acceptors (Lipinski definition) is 5. The van der Waals surface area contributed by atoms with Crippen molar-refractivity contribution in [1.82, 2.24) is 20.3 Å². The largest absolute Gasteiger partial charge is 0.370 e. The van der Waals surface area contributed by atoms with Crippen LogP contribution < -0.4 is 10.2 Å². The number of nitrogens with zero attached hydrogens (tertiary/aromatic N) is 5. The average molecular weight is 543 g/mol. The van der Waals surface area contributed by atoms with Gasteiger partial charge in [-0.1, -0.05) is 27.2 Å². The van der Waals surface area contributed by atoms with Crippen LogP contribution in [0.5, 0.6) is 0 Å². The van der Waals surface area contributed by atoms with Crippen molar-refractivity contribution in [1.29, 1.82) is 0 Å². The lowest BCUT2D eigenvalue weighted by Crippen LogP contribution is -2.35. The summed E-state index contributed by atoms with van der Waals surface area (Å²) >= 11 is 3.64. The van der Waals surface area contributed by atoms with Crippen LogP contribution in [-0.4, -0.2) is 45.9 Å². The summed E-state index contributed by atoms with van der Waals surface area (Å²) in [5.41, 5.74) is 5.11. The zero-order valence-electron chi connectivity index (χ0n) is 19.8. The van der Waals surface area contributed by atoms with Gasteiger partial charge in [0.25, 0.3) is 5.92 Å². The Bertz CT molecular complexity index is 1230. The smallest absolute Gasteiger partial charge is 0.251 e. The molecule has 0 amide bonds. The molecule has 6 rings (SSSR count). The molecule has 2 aromatic rings. The summed E-state index contributed by atoms with van der Waals surface area (Å²) in [5.74, 6) is -1.96. The standard InChI is InChI=1S/C26H29BrF2N6/c1-17-14-20(31-24(30-17)18-4-6-26(28,29)7-5-18)21-16-35(33-32-21)22-3-2-19(27)15-23(22)34-12-10-25(8-9-25)11-13-34/h2-4,14-17H,5-13H2,1H3,(H,30,31). The number of aromatic nitrogens is 3. The maximum atomic E-state index is 13.6. The molecule has 3 heterocycles. The van der Waals surface area contributed by atoms with Gasteiger partial charge in [-0.15, -0.1) is 5.10 Å². The third-order valence-corrected chi connectivity index (χ3v) is 8.27. The van der Waals surface area contributed by atoms with E-state index in [1.165, 1.54) is 25.7 Å². The molecule has 2 aliphatic carbocycles. The first-order chi connectivity index (χ1) is 16.8. The molecule has 1 aromatic heterocycles. The van der Waals surface area contributed by atoms with Gasteiger partial charge in [0.2, 0.25) is 0 Å². The second-order valence-electron chi connectivity index (χ2n) is 10.4. The van der Waals surface area contributed by atoms with Gasteiger partial charge in [-0.3, -0.25) is 4.99 Å². The quantitative estimate of drug-likeness (QED) is 0.523. The highest BCUT2D eigenvalue weighted by molar-refractivity contribution is 9.10. The summed E-state index contributed by atoms with van der Waals surface area (Å²) < 4.78 is 30.1. The molecule has 1 saturated carbocycles.